The zero-order valence-corrected chi connectivity index (χ0v) is 7.77. The van der Waals surface area contributed by atoms with Crippen molar-refractivity contribution in [2.75, 3.05) is 20.6 Å². The van der Waals surface area contributed by atoms with Gasteiger partial charge in [-0.1, -0.05) is 0 Å². The second-order valence-electron chi connectivity index (χ2n) is 4.87. The van der Waals surface area contributed by atoms with E-state index in [4.69, 9.17) is 0 Å². The third-order valence-electron chi connectivity index (χ3n) is 3.39. The topological polar surface area (TPSA) is 3.24 Å². The van der Waals surface area contributed by atoms with E-state index in [2.05, 4.69) is 19.0 Å². The highest BCUT2D eigenvalue weighted by atomic mass is 15.1. The van der Waals surface area contributed by atoms with E-state index in [1.54, 1.807) is 0 Å². The predicted octanol–water partition coefficient (Wildman–Crippen LogP) is 2.13. The predicted molar refractivity (Wildman–Crippen MR) is 47.6 cm³/mol. The first-order chi connectivity index (χ1) is 5.20. The Kier molecular flexibility index (Phi) is 1.71. The van der Waals surface area contributed by atoms with Crippen LogP contribution in [0.1, 0.15) is 32.1 Å². The van der Waals surface area contributed by atoms with Crippen molar-refractivity contribution >= 4 is 0 Å². The minimum absolute atomic E-state index is 0.876. The van der Waals surface area contributed by atoms with Crippen LogP contribution < -0.4 is 0 Å². The Morgan fingerprint density at radius 1 is 1.27 bits per heavy atom. The molecule has 0 unspecified atom stereocenters. The molecule has 0 aromatic rings. The molecule has 1 nitrogen and oxygen atoms in total. The normalized spacial score (nSPS) is 33.5. The summed E-state index contributed by atoms with van der Waals surface area (Å²) in [6.07, 6.45) is 7.64. The maximum absolute atomic E-state index is 2.34. The smallest absolute Gasteiger partial charge is 0.000377 e. The van der Waals surface area contributed by atoms with E-state index >= 15 is 0 Å². The molecule has 11 heavy (non-hydrogen) atoms. The van der Waals surface area contributed by atoms with Crippen LogP contribution in [0.4, 0.5) is 0 Å². The van der Waals surface area contributed by atoms with E-state index in [0.29, 0.717) is 0 Å². The molecule has 1 spiro atoms. The molecule has 2 saturated carbocycles. The summed E-state index contributed by atoms with van der Waals surface area (Å²) >= 11 is 0. The second-order valence-corrected chi connectivity index (χ2v) is 4.87. The van der Waals surface area contributed by atoms with Gasteiger partial charge in [0.1, 0.15) is 0 Å². The summed E-state index contributed by atoms with van der Waals surface area (Å²) in [5, 5.41) is 0. The molecule has 0 amide bonds. The second kappa shape index (κ2) is 2.48. The summed E-state index contributed by atoms with van der Waals surface area (Å²) in [5.41, 5.74) is 0.876. The monoisotopic (exact) mass is 153 g/mol. The van der Waals surface area contributed by atoms with Crippen molar-refractivity contribution < 1.29 is 0 Å². The Morgan fingerprint density at radius 2 is 2.00 bits per heavy atom. The van der Waals surface area contributed by atoms with Gasteiger partial charge in [-0.05, 0) is 57.5 Å². The number of nitrogens with zero attached hydrogens (tertiary/aromatic N) is 1. The molecule has 1 heteroatoms. The number of rotatable bonds is 2. The quantitative estimate of drug-likeness (QED) is 0.587. The first-order valence-corrected chi connectivity index (χ1v) is 4.85. The van der Waals surface area contributed by atoms with Crippen molar-refractivity contribution in [3.63, 3.8) is 0 Å². The molecule has 1 atom stereocenters. The van der Waals surface area contributed by atoms with Gasteiger partial charge in [-0.3, -0.25) is 0 Å². The molecular formula is C10H19N. The Balaban J connectivity index is 1.80. The fourth-order valence-electron chi connectivity index (χ4n) is 2.63. The van der Waals surface area contributed by atoms with Crippen LogP contribution in [-0.2, 0) is 0 Å². The van der Waals surface area contributed by atoms with Crippen molar-refractivity contribution in [2.24, 2.45) is 11.3 Å². The van der Waals surface area contributed by atoms with Gasteiger partial charge in [-0.15, -0.1) is 0 Å². The third-order valence-corrected chi connectivity index (χ3v) is 3.39. The van der Waals surface area contributed by atoms with Gasteiger partial charge < -0.3 is 4.90 Å². The molecule has 2 fully saturated rings. The van der Waals surface area contributed by atoms with Gasteiger partial charge in [0.05, 0.1) is 0 Å². The molecule has 0 heterocycles. The van der Waals surface area contributed by atoms with Crippen LogP contribution in [0, 0.1) is 11.3 Å². The van der Waals surface area contributed by atoms with E-state index in [0.717, 1.165) is 11.3 Å². The van der Waals surface area contributed by atoms with Gasteiger partial charge in [0, 0.05) is 6.54 Å². The van der Waals surface area contributed by atoms with Gasteiger partial charge in [-0.25, -0.2) is 0 Å². The largest absolute Gasteiger partial charge is 0.309 e. The van der Waals surface area contributed by atoms with Gasteiger partial charge in [-0.2, -0.15) is 0 Å². The maximum Gasteiger partial charge on any atom is 0.000377 e. The van der Waals surface area contributed by atoms with E-state index in [1.165, 1.54) is 38.6 Å². The van der Waals surface area contributed by atoms with Crippen LogP contribution >= 0.6 is 0 Å². The van der Waals surface area contributed by atoms with Crippen LogP contribution in [0.3, 0.4) is 0 Å². The highest BCUT2D eigenvalue weighted by Gasteiger charge is 2.47. The summed E-state index contributed by atoms with van der Waals surface area (Å²) < 4.78 is 0. The molecule has 0 aliphatic heterocycles. The summed E-state index contributed by atoms with van der Waals surface area (Å²) in [6.45, 7) is 1.32. The van der Waals surface area contributed by atoms with Crippen molar-refractivity contribution in [3.05, 3.63) is 0 Å². The number of hydrogen-bond donors (Lipinski definition) is 0. The van der Waals surface area contributed by atoms with Crippen LogP contribution in [-0.4, -0.2) is 25.5 Å². The molecule has 0 bridgehead atoms. The van der Waals surface area contributed by atoms with Gasteiger partial charge in [0.2, 0.25) is 0 Å². The summed E-state index contributed by atoms with van der Waals surface area (Å²) in [4.78, 5) is 2.34. The molecule has 64 valence electrons. The Hall–Kier alpha value is -0.0400. The summed E-state index contributed by atoms with van der Waals surface area (Å²) in [6, 6.07) is 0. The lowest BCUT2D eigenvalue weighted by atomic mass is 10.0. The fourth-order valence-corrected chi connectivity index (χ4v) is 2.63. The van der Waals surface area contributed by atoms with E-state index in [9.17, 15) is 0 Å². The minimum Gasteiger partial charge on any atom is -0.309 e. The lowest BCUT2D eigenvalue weighted by Crippen LogP contribution is -2.19. The average molecular weight is 153 g/mol. The lowest BCUT2D eigenvalue weighted by Gasteiger charge is -2.15. The third kappa shape index (κ3) is 1.58. The first-order valence-electron chi connectivity index (χ1n) is 4.85. The van der Waals surface area contributed by atoms with Crippen molar-refractivity contribution in [1.82, 2.24) is 4.90 Å². The first kappa shape index (κ1) is 7.60. The Bertz CT molecular complexity index is 147. The number of hydrogen-bond acceptors (Lipinski definition) is 1. The van der Waals surface area contributed by atoms with Crippen LogP contribution in [0.5, 0.6) is 0 Å². The molecule has 2 aliphatic rings. The summed E-state index contributed by atoms with van der Waals surface area (Å²) in [5.74, 6) is 1.02. The van der Waals surface area contributed by atoms with E-state index < -0.39 is 0 Å². The van der Waals surface area contributed by atoms with Crippen LogP contribution in [0.15, 0.2) is 0 Å². The SMILES string of the molecule is CN(C)C[C@H]1CCC2(CC2)C1. The minimum atomic E-state index is 0.876. The Morgan fingerprint density at radius 3 is 2.45 bits per heavy atom. The average Bonchev–Trinajstić information content (AvgIpc) is 2.51. The van der Waals surface area contributed by atoms with E-state index in [-0.39, 0.29) is 0 Å². The highest BCUT2D eigenvalue weighted by molar-refractivity contribution is 4.99. The van der Waals surface area contributed by atoms with Gasteiger partial charge in [0.15, 0.2) is 0 Å². The summed E-state index contributed by atoms with van der Waals surface area (Å²) in [7, 11) is 4.38. The maximum atomic E-state index is 2.34. The van der Waals surface area contributed by atoms with Gasteiger partial charge in [0.25, 0.3) is 0 Å². The van der Waals surface area contributed by atoms with E-state index in [1.807, 2.05) is 0 Å². The van der Waals surface area contributed by atoms with Crippen LogP contribution in [0.2, 0.25) is 0 Å². The highest BCUT2D eigenvalue weighted by Crippen LogP contribution is 2.59. The zero-order chi connectivity index (χ0) is 7.90. The van der Waals surface area contributed by atoms with Crippen molar-refractivity contribution in [3.8, 4) is 0 Å². The van der Waals surface area contributed by atoms with Crippen LogP contribution in [0.25, 0.3) is 0 Å². The zero-order valence-electron chi connectivity index (χ0n) is 7.77. The molecule has 2 aliphatic carbocycles. The van der Waals surface area contributed by atoms with Crippen molar-refractivity contribution in [2.45, 2.75) is 32.1 Å². The lowest BCUT2D eigenvalue weighted by molar-refractivity contribution is 0.319. The molecule has 0 N–H and O–H groups in total. The molecule has 2 rings (SSSR count). The molecule has 0 saturated heterocycles. The molecule has 0 aromatic heterocycles. The molecule has 0 aromatic carbocycles. The van der Waals surface area contributed by atoms with Crippen molar-refractivity contribution in [1.29, 1.82) is 0 Å². The Labute approximate surface area is 69.8 Å². The molecular weight excluding hydrogens is 134 g/mol. The van der Waals surface area contributed by atoms with Gasteiger partial charge >= 0.3 is 0 Å². The molecule has 0 radical (unpaired) electrons. The standard InChI is InChI=1S/C10H19N/c1-11(2)8-9-3-4-10(7-9)5-6-10/h9H,3-8H2,1-2H3/t9-/m0/s1. The fraction of sp³-hybridized carbons (Fsp3) is 1.00.